The molecule has 0 spiro atoms. The fourth-order valence-electron chi connectivity index (χ4n) is 8.29. The molecule has 0 radical (unpaired) electrons. The lowest BCUT2D eigenvalue weighted by Gasteiger charge is -2.34. The predicted octanol–water partition coefficient (Wildman–Crippen LogP) is 4.74. The van der Waals surface area contributed by atoms with Crippen LogP contribution in [-0.4, -0.2) is 125 Å². The lowest BCUT2D eigenvalue weighted by atomic mass is 9.86. The number of carboxylic acids is 1. The highest BCUT2D eigenvalue weighted by atomic mass is 32.2. The van der Waals surface area contributed by atoms with Gasteiger partial charge >= 0.3 is 12.0 Å². The number of fused-ring (bicyclic) bond motifs is 3. The van der Waals surface area contributed by atoms with Crippen LogP contribution >= 0.6 is 11.3 Å². The van der Waals surface area contributed by atoms with Crippen LogP contribution in [0.1, 0.15) is 92.4 Å². The maximum absolute atomic E-state index is 14.8. The monoisotopic (exact) mass is 912 g/mol. The van der Waals surface area contributed by atoms with E-state index in [1.54, 1.807) is 46.1 Å². The number of likely N-dealkylation sites (N-methyl/N-ethyl adjacent to an activating group) is 1. The Bertz CT molecular complexity index is 2330. The molecule has 3 aliphatic rings. The molecule has 63 heavy (non-hydrogen) atoms. The van der Waals surface area contributed by atoms with Crippen molar-refractivity contribution in [3.63, 3.8) is 0 Å². The van der Waals surface area contributed by atoms with Crippen LogP contribution in [0.4, 0.5) is 9.93 Å². The standard InChI is InChI=1S/C43H60N8O10S2/c1-24(2)44-41-47-32(23-62-41)31-20-34(28-17-16-26(60-7)18-30(28)45-31)61-27-19-33-36(52)49-43(39(55)56)21-25(43)14-12-10-9-11-13-15-29(37(53)51(33)22-27)46-40(57)48-35(42(3,4)5)38(54)50(6)63(8,58)59/h16-18,20,23-25,27,29,33,35H,9-15,19,21-22H2,1-8H3,(H,44,47)(H,49,52)(H,55,56)(H2,46,48,57)/t25?,27-,29+,33+,35?,43-/m1/s1. The van der Waals surface area contributed by atoms with Crippen LogP contribution in [0, 0.1) is 11.3 Å². The molecule has 5 amide bonds. The van der Waals surface area contributed by atoms with Crippen molar-refractivity contribution in [2.24, 2.45) is 11.3 Å². The first-order chi connectivity index (χ1) is 29.6. The number of carbonyl (C=O) groups is 5. The van der Waals surface area contributed by atoms with Crippen molar-refractivity contribution in [3.8, 4) is 22.9 Å². The maximum Gasteiger partial charge on any atom is 0.329 e. The third-order valence-electron chi connectivity index (χ3n) is 12.0. The maximum atomic E-state index is 14.8. The van der Waals surface area contributed by atoms with Crippen molar-refractivity contribution in [3.05, 3.63) is 29.6 Å². The molecular formula is C43H60N8O10S2. The zero-order valence-electron chi connectivity index (χ0n) is 37.1. The molecule has 6 rings (SSSR count). The molecule has 6 atom stereocenters. The van der Waals surface area contributed by atoms with E-state index in [0.717, 1.165) is 44.1 Å². The van der Waals surface area contributed by atoms with Crippen LogP contribution in [0.25, 0.3) is 22.3 Å². The van der Waals surface area contributed by atoms with Crippen LogP contribution in [0.15, 0.2) is 29.6 Å². The Balaban J connectivity index is 1.33. The Labute approximate surface area is 372 Å². The van der Waals surface area contributed by atoms with E-state index in [9.17, 15) is 37.5 Å². The Kier molecular flexibility index (Phi) is 14.1. The summed E-state index contributed by atoms with van der Waals surface area (Å²) in [4.78, 5) is 80.1. The number of carbonyl (C=O) groups excluding carboxylic acids is 4. The summed E-state index contributed by atoms with van der Waals surface area (Å²) in [6, 6.07) is 2.77. The summed E-state index contributed by atoms with van der Waals surface area (Å²) < 4.78 is 37.4. The number of rotatable bonds is 11. The van der Waals surface area contributed by atoms with Crippen LogP contribution in [0.3, 0.4) is 0 Å². The summed E-state index contributed by atoms with van der Waals surface area (Å²) in [6.45, 7) is 8.96. The number of nitrogens with zero attached hydrogens (tertiary/aromatic N) is 4. The van der Waals surface area contributed by atoms with E-state index >= 15 is 0 Å². The highest BCUT2D eigenvalue weighted by molar-refractivity contribution is 7.88. The number of hydrogen-bond acceptors (Lipinski definition) is 13. The van der Waals surface area contributed by atoms with Crippen molar-refractivity contribution in [1.82, 2.24) is 35.1 Å². The van der Waals surface area contributed by atoms with Crippen molar-refractivity contribution in [1.29, 1.82) is 0 Å². The minimum Gasteiger partial charge on any atom is -0.497 e. The number of sulfonamides is 1. The molecule has 3 aromatic rings. The SMILES string of the molecule is COc1ccc2c(O[C@@H]3C[C@H]4C(=O)N[C@]5(C(=O)O)CC5CCCCCCC[C@H](NC(=O)NC(C(=O)N(C)S(C)(=O)=O)C(C)(C)C)C(=O)N4C3)cc(-c3csc(NC(C)C)n3)nc2c1. The number of hydrogen-bond donors (Lipinski definition) is 5. The third-order valence-corrected chi connectivity index (χ3v) is 13.9. The second kappa shape index (κ2) is 18.8. The third kappa shape index (κ3) is 10.9. The van der Waals surface area contributed by atoms with E-state index in [-0.39, 0.29) is 37.8 Å². The topological polar surface area (TPSA) is 239 Å². The highest BCUT2D eigenvalue weighted by Gasteiger charge is 2.62. The fraction of sp³-hybridized carbons (Fsp3) is 0.605. The second-order valence-corrected chi connectivity index (χ2v) is 21.1. The van der Waals surface area contributed by atoms with Gasteiger partial charge in [0, 0.05) is 42.4 Å². The first kappa shape index (κ1) is 47.2. The Morgan fingerprint density at radius 3 is 2.40 bits per heavy atom. The zero-order chi connectivity index (χ0) is 46.0. The Morgan fingerprint density at radius 1 is 1.05 bits per heavy atom. The van der Waals surface area contributed by atoms with E-state index in [1.165, 1.54) is 16.2 Å². The molecule has 1 aliphatic carbocycles. The van der Waals surface area contributed by atoms with Crippen molar-refractivity contribution < 1.29 is 47.0 Å². The Hall–Kier alpha value is -5.24. The quantitative estimate of drug-likeness (QED) is 0.175. The van der Waals surface area contributed by atoms with Crippen molar-refractivity contribution in [2.75, 3.05) is 32.3 Å². The van der Waals surface area contributed by atoms with Gasteiger partial charge in [-0.05, 0) is 56.6 Å². The van der Waals surface area contributed by atoms with Gasteiger partial charge in [-0.2, -0.15) is 0 Å². The molecule has 2 saturated heterocycles. The molecule has 2 aliphatic heterocycles. The van der Waals surface area contributed by atoms with E-state index in [1.807, 2.05) is 25.3 Å². The fourth-order valence-corrected chi connectivity index (χ4v) is 9.58. The van der Waals surface area contributed by atoms with E-state index in [2.05, 4.69) is 21.3 Å². The minimum absolute atomic E-state index is 0.00371. The van der Waals surface area contributed by atoms with Gasteiger partial charge in [-0.15, -0.1) is 11.3 Å². The second-order valence-electron chi connectivity index (χ2n) is 18.3. The van der Waals surface area contributed by atoms with Gasteiger partial charge in [0.2, 0.25) is 21.8 Å². The zero-order valence-corrected chi connectivity index (χ0v) is 38.8. The summed E-state index contributed by atoms with van der Waals surface area (Å²) in [5, 5.41) is 25.1. The summed E-state index contributed by atoms with van der Waals surface area (Å²) in [6.07, 6.45) is 4.93. The summed E-state index contributed by atoms with van der Waals surface area (Å²) in [5.74, 6) is -2.48. The largest absolute Gasteiger partial charge is 0.497 e. The predicted molar refractivity (Wildman–Crippen MR) is 238 cm³/mol. The van der Waals surface area contributed by atoms with Gasteiger partial charge in [0.15, 0.2) is 5.13 Å². The van der Waals surface area contributed by atoms with Crippen LogP contribution in [0.5, 0.6) is 11.5 Å². The van der Waals surface area contributed by atoms with Gasteiger partial charge < -0.3 is 40.7 Å². The lowest BCUT2D eigenvalue weighted by Crippen LogP contribution is -2.60. The number of nitrogens with one attached hydrogen (secondary N) is 4. The van der Waals surface area contributed by atoms with E-state index < -0.39 is 74.9 Å². The number of carboxylic acid groups (broad SMARTS) is 1. The number of ether oxygens (including phenoxy) is 2. The first-order valence-electron chi connectivity index (χ1n) is 21.4. The number of aromatic nitrogens is 2. The van der Waals surface area contributed by atoms with Gasteiger partial charge in [-0.3, -0.25) is 14.4 Å². The molecular weight excluding hydrogens is 853 g/mol. The van der Waals surface area contributed by atoms with Crippen molar-refractivity contribution in [2.45, 2.75) is 128 Å². The van der Waals surface area contributed by atoms with E-state index in [0.29, 0.717) is 50.9 Å². The van der Waals surface area contributed by atoms with Gasteiger partial charge in [0.1, 0.15) is 47.0 Å². The molecule has 1 aromatic carbocycles. The van der Waals surface area contributed by atoms with Gasteiger partial charge in [-0.25, -0.2) is 32.3 Å². The highest BCUT2D eigenvalue weighted by Crippen LogP contribution is 2.48. The molecule has 2 unspecified atom stereocenters. The number of aliphatic carboxylic acids is 1. The summed E-state index contributed by atoms with van der Waals surface area (Å²) >= 11 is 1.43. The molecule has 1 saturated carbocycles. The molecule has 0 bridgehead atoms. The van der Waals surface area contributed by atoms with Crippen LogP contribution in [0.2, 0.25) is 0 Å². The van der Waals surface area contributed by atoms with Gasteiger partial charge in [0.25, 0.3) is 5.91 Å². The number of pyridine rings is 1. The van der Waals surface area contributed by atoms with Crippen molar-refractivity contribution >= 4 is 67.1 Å². The Morgan fingerprint density at radius 2 is 1.75 bits per heavy atom. The number of anilines is 1. The molecule has 3 fully saturated rings. The number of thiazole rings is 1. The van der Waals surface area contributed by atoms with Crippen LogP contribution in [-0.2, 0) is 29.2 Å². The average Bonchev–Trinajstić information content (AvgIpc) is 3.48. The summed E-state index contributed by atoms with van der Waals surface area (Å²) in [7, 11) is -1.28. The molecule has 4 heterocycles. The smallest absolute Gasteiger partial charge is 0.329 e. The van der Waals surface area contributed by atoms with Gasteiger partial charge in [-0.1, -0.05) is 52.9 Å². The molecule has 344 valence electrons. The summed E-state index contributed by atoms with van der Waals surface area (Å²) in [5.41, 5.74) is -0.702. The number of benzene rings is 1. The number of methoxy groups -OCH3 is 1. The number of urea groups is 1. The van der Waals surface area contributed by atoms with Crippen LogP contribution < -0.4 is 30.7 Å². The van der Waals surface area contributed by atoms with Gasteiger partial charge in [0.05, 0.1) is 31.1 Å². The normalized spacial score (nSPS) is 23.9. The minimum atomic E-state index is -3.95. The molecule has 2 aromatic heterocycles. The molecule has 18 nitrogen and oxygen atoms in total. The first-order valence-corrected chi connectivity index (χ1v) is 24.1. The lowest BCUT2D eigenvalue weighted by molar-refractivity contribution is -0.145. The molecule has 20 heteroatoms. The molecule has 5 N–H and O–H groups in total. The average molecular weight is 913 g/mol. The van der Waals surface area contributed by atoms with E-state index in [4.69, 9.17) is 19.4 Å². The number of amides is 5.